The van der Waals surface area contributed by atoms with Crippen LogP contribution >= 0.6 is 11.8 Å². The number of nitrogens with zero attached hydrogens (tertiary/aromatic N) is 3. The van der Waals surface area contributed by atoms with Crippen LogP contribution in [0.2, 0.25) is 0 Å². The van der Waals surface area contributed by atoms with Crippen molar-refractivity contribution in [3.8, 4) is 0 Å². The van der Waals surface area contributed by atoms with E-state index >= 15 is 0 Å². The number of rotatable bonds is 8. The lowest BCUT2D eigenvalue weighted by atomic mass is 10.0. The Morgan fingerprint density at radius 1 is 1.22 bits per heavy atom. The van der Waals surface area contributed by atoms with E-state index in [1.165, 1.54) is 55.9 Å². The molecule has 1 aliphatic rings. The fourth-order valence-corrected chi connectivity index (χ4v) is 3.87. The highest BCUT2D eigenvalue weighted by molar-refractivity contribution is 7.98. The Balaban J connectivity index is 1.82. The molecule has 3 nitrogen and oxygen atoms in total. The number of hydrogen-bond donors (Lipinski definition) is 0. The fraction of sp³-hybridized carbons (Fsp3) is 0.684. The van der Waals surface area contributed by atoms with Gasteiger partial charge in [-0.15, -0.1) is 11.8 Å². The van der Waals surface area contributed by atoms with Crippen LogP contribution in [-0.4, -0.2) is 74.3 Å². The third-order valence-corrected chi connectivity index (χ3v) is 5.49. The Labute approximate surface area is 147 Å². The largest absolute Gasteiger partial charge is 0.309 e. The molecular weight excluding hydrogens is 302 g/mol. The van der Waals surface area contributed by atoms with Gasteiger partial charge in [0.2, 0.25) is 0 Å². The van der Waals surface area contributed by atoms with Gasteiger partial charge in [-0.05, 0) is 84.0 Å². The lowest BCUT2D eigenvalue weighted by molar-refractivity contribution is 0.109. The van der Waals surface area contributed by atoms with Crippen LogP contribution in [-0.2, 0) is 6.54 Å². The minimum absolute atomic E-state index is 0.717. The van der Waals surface area contributed by atoms with Gasteiger partial charge in [-0.3, -0.25) is 4.90 Å². The highest BCUT2D eigenvalue weighted by atomic mass is 32.2. The average Bonchev–Trinajstić information content (AvgIpc) is 2.55. The van der Waals surface area contributed by atoms with Gasteiger partial charge in [-0.1, -0.05) is 12.1 Å². The first kappa shape index (κ1) is 18.8. The molecule has 1 atom stereocenters. The molecule has 0 aliphatic carbocycles. The maximum Gasteiger partial charge on any atom is 0.0234 e. The zero-order valence-corrected chi connectivity index (χ0v) is 16.1. The molecule has 4 heteroatoms. The molecule has 0 unspecified atom stereocenters. The molecule has 0 bridgehead atoms. The molecule has 23 heavy (non-hydrogen) atoms. The van der Waals surface area contributed by atoms with Gasteiger partial charge in [0.15, 0.2) is 0 Å². The first-order chi connectivity index (χ1) is 11.1. The summed E-state index contributed by atoms with van der Waals surface area (Å²) in [5.74, 6) is 0. The summed E-state index contributed by atoms with van der Waals surface area (Å²) in [6, 6.07) is 9.72. The molecule has 1 heterocycles. The fourth-order valence-electron chi connectivity index (χ4n) is 3.38. The van der Waals surface area contributed by atoms with Crippen LogP contribution in [0.25, 0.3) is 0 Å². The van der Waals surface area contributed by atoms with Crippen LogP contribution < -0.4 is 0 Å². The van der Waals surface area contributed by atoms with E-state index < -0.39 is 0 Å². The van der Waals surface area contributed by atoms with Gasteiger partial charge in [-0.25, -0.2) is 0 Å². The first-order valence-electron chi connectivity index (χ1n) is 8.78. The SMILES string of the molecule is CSc1cccc(CN2CCC[C@@H](N(C)CCCN(C)C)C2)c1. The third kappa shape index (κ3) is 6.46. The van der Waals surface area contributed by atoms with E-state index in [9.17, 15) is 0 Å². The summed E-state index contributed by atoms with van der Waals surface area (Å²) in [5, 5.41) is 0. The van der Waals surface area contributed by atoms with Crippen LogP contribution in [0.1, 0.15) is 24.8 Å². The van der Waals surface area contributed by atoms with Crippen molar-refractivity contribution in [1.82, 2.24) is 14.7 Å². The topological polar surface area (TPSA) is 9.72 Å². The van der Waals surface area contributed by atoms with Crippen molar-refractivity contribution in [3.05, 3.63) is 29.8 Å². The zero-order chi connectivity index (χ0) is 16.7. The predicted molar refractivity (Wildman–Crippen MR) is 102 cm³/mol. The lowest BCUT2D eigenvalue weighted by Crippen LogP contribution is -2.46. The third-order valence-electron chi connectivity index (χ3n) is 4.76. The van der Waals surface area contributed by atoms with E-state index in [1.807, 2.05) is 11.8 Å². The van der Waals surface area contributed by atoms with Gasteiger partial charge in [-0.2, -0.15) is 0 Å². The number of benzene rings is 1. The number of likely N-dealkylation sites (tertiary alicyclic amines) is 1. The van der Waals surface area contributed by atoms with Gasteiger partial charge < -0.3 is 9.80 Å². The number of thioether (sulfide) groups is 1. The van der Waals surface area contributed by atoms with Crippen molar-refractivity contribution < 1.29 is 0 Å². The van der Waals surface area contributed by atoms with Crippen molar-refractivity contribution in [2.75, 3.05) is 53.6 Å². The second-order valence-electron chi connectivity index (χ2n) is 7.02. The van der Waals surface area contributed by atoms with Gasteiger partial charge in [0, 0.05) is 24.0 Å². The molecule has 0 amide bonds. The molecule has 0 spiro atoms. The minimum Gasteiger partial charge on any atom is -0.309 e. The standard InChI is InChI=1S/C19H33N3S/c1-20(2)11-7-12-21(3)18-9-6-13-22(16-18)15-17-8-5-10-19(14-17)23-4/h5,8,10,14,18H,6-7,9,11-13,15-16H2,1-4H3/t18-/m1/s1. The summed E-state index contributed by atoms with van der Waals surface area (Å²) in [5.41, 5.74) is 1.45. The molecule has 0 aromatic heterocycles. The maximum absolute atomic E-state index is 2.63. The van der Waals surface area contributed by atoms with Crippen LogP contribution in [0, 0.1) is 0 Å². The Kier molecular flexibility index (Phi) is 7.90. The maximum atomic E-state index is 2.63. The Morgan fingerprint density at radius 3 is 2.78 bits per heavy atom. The molecule has 1 saturated heterocycles. The molecule has 1 aromatic carbocycles. The Bertz CT molecular complexity index is 464. The quantitative estimate of drug-likeness (QED) is 0.674. The number of piperidine rings is 1. The van der Waals surface area contributed by atoms with Crippen molar-refractivity contribution >= 4 is 11.8 Å². The lowest BCUT2D eigenvalue weighted by Gasteiger charge is -2.38. The second kappa shape index (κ2) is 9.67. The highest BCUT2D eigenvalue weighted by Gasteiger charge is 2.22. The van der Waals surface area contributed by atoms with E-state index in [4.69, 9.17) is 0 Å². The van der Waals surface area contributed by atoms with Crippen LogP contribution in [0.3, 0.4) is 0 Å². The molecule has 1 aliphatic heterocycles. The predicted octanol–water partition coefficient (Wildman–Crippen LogP) is 3.26. The average molecular weight is 336 g/mol. The van der Waals surface area contributed by atoms with Gasteiger partial charge in [0.05, 0.1) is 0 Å². The molecule has 1 aromatic rings. The zero-order valence-electron chi connectivity index (χ0n) is 15.3. The Morgan fingerprint density at radius 2 is 2.04 bits per heavy atom. The molecule has 130 valence electrons. The van der Waals surface area contributed by atoms with Crippen molar-refractivity contribution in [1.29, 1.82) is 0 Å². The molecule has 2 rings (SSSR count). The summed E-state index contributed by atoms with van der Waals surface area (Å²) in [4.78, 5) is 8.86. The normalized spacial score (nSPS) is 19.7. The van der Waals surface area contributed by atoms with Gasteiger partial charge in [0.25, 0.3) is 0 Å². The summed E-state index contributed by atoms with van der Waals surface area (Å²) in [6.07, 6.45) is 6.08. The highest BCUT2D eigenvalue weighted by Crippen LogP contribution is 2.20. The summed E-state index contributed by atoms with van der Waals surface area (Å²) >= 11 is 1.83. The molecule has 0 saturated carbocycles. The van der Waals surface area contributed by atoms with Gasteiger partial charge in [0.1, 0.15) is 0 Å². The number of hydrogen-bond acceptors (Lipinski definition) is 4. The monoisotopic (exact) mass is 335 g/mol. The molecule has 0 N–H and O–H groups in total. The van der Waals surface area contributed by atoms with Crippen molar-refractivity contribution in [2.24, 2.45) is 0 Å². The van der Waals surface area contributed by atoms with Crippen molar-refractivity contribution in [2.45, 2.75) is 36.7 Å². The first-order valence-corrected chi connectivity index (χ1v) is 10.0. The number of likely N-dealkylation sites (N-methyl/N-ethyl adjacent to an activating group) is 1. The Hall–Kier alpha value is -0.550. The molecular formula is C19H33N3S. The van der Waals surface area contributed by atoms with E-state index in [1.54, 1.807) is 0 Å². The van der Waals surface area contributed by atoms with E-state index in [2.05, 4.69) is 66.4 Å². The van der Waals surface area contributed by atoms with E-state index in [0.29, 0.717) is 0 Å². The van der Waals surface area contributed by atoms with E-state index in [-0.39, 0.29) is 0 Å². The summed E-state index contributed by atoms with van der Waals surface area (Å²) in [6.45, 7) is 5.94. The summed E-state index contributed by atoms with van der Waals surface area (Å²) in [7, 11) is 6.62. The van der Waals surface area contributed by atoms with E-state index in [0.717, 1.165) is 12.6 Å². The molecule has 1 fully saturated rings. The van der Waals surface area contributed by atoms with Crippen molar-refractivity contribution in [3.63, 3.8) is 0 Å². The summed E-state index contributed by atoms with van der Waals surface area (Å²) < 4.78 is 0. The van der Waals surface area contributed by atoms with Crippen LogP contribution in [0.15, 0.2) is 29.2 Å². The van der Waals surface area contributed by atoms with Crippen LogP contribution in [0.4, 0.5) is 0 Å². The minimum atomic E-state index is 0.717. The smallest absolute Gasteiger partial charge is 0.0234 e. The van der Waals surface area contributed by atoms with Gasteiger partial charge >= 0.3 is 0 Å². The molecule has 0 radical (unpaired) electrons. The van der Waals surface area contributed by atoms with Crippen LogP contribution in [0.5, 0.6) is 0 Å². The second-order valence-corrected chi connectivity index (χ2v) is 7.90.